The number of hydrogen-bond donors (Lipinski definition) is 1. The Kier molecular flexibility index (Phi) is 5.61. The molecule has 0 aliphatic heterocycles. The van der Waals surface area contributed by atoms with Crippen molar-refractivity contribution in [3.8, 4) is 0 Å². The van der Waals surface area contributed by atoms with Gasteiger partial charge in [-0.2, -0.15) is 0 Å². The second kappa shape index (κ2) is 7.55. The molecule has 0 bridgehead atoms. The van der Waals surface area contributed by atoms with Gasteiger partial charge in [0.2, 0.25) is 0 Å². The lowest BCUT2D eigenvalue weighted by Gasteiger charge is -2.60. The summed E-state index contributed by atoms with van der Waals surface area (Å²) in [6, 6.07) is 0. The standard InChI is InChI=1S/C23H39NO2S/c1-22-10-8-16(15-27(26)13-3-12-24)14-17(22)4-5-18-19-6-7-21(25)23(19,2)11-9-20(18)22/h16-20H,3-15,24H2,1-2H3. The highest BCUT2D eigenvalue weighted by atomic mass is 32.2. The third-order valence-electron chi connectivity index (χ3n) is 9.48. The summed E-state index contributed by atoms with van der Waals surface area (Å²) in [5, 5.41) is 0. The third-order valence-corrected chi connectivity index (χ3v) is 11.1. The molecule has 154 valence electrons. The van der Waals surface area contributed by atoms with Gasteiger partial charge in [0.15, 0.2) is 0 Å². The molecule has 4 rings (SSSR count). The van der Waals surface area contributed by atoms with Crippen LogP contribution in [0, 0.1) is 40.4 Å². The molecule has 0 heterocycles. The third kappa shape index (κ3) is 3.37. The summed E-state index contributed by atoms with van der Waals surface area (Å²) in [6.45, 7) is 5.52. The van der Waals surface area contributed by atoms with Crippen molar-refractivity contribution in [3.05, 3.63) is 0 Å². The van der Waals surface area contributed by atoms with Gasteiger partial charge in [0.1, 0.15) is 5.78 Å². The predicted octanol–water partition coefficient (Wildman–Crippen LogP) is 4.31. The molecule has 0 aromatic rings. The Labute approximate surface area is 168 Å². The SMILES string of the molecule is CC12CCC3C(CCC4CC(CS(=O)CCCN)CCC43C)C1CCC2=O. The van der Waals surface area contributed by atoms with Crippen LogP contribution < -0.4 is 5.73 Å². The van der Waals surface area contributed by atoms with Gasteiger partial charge in [0.25, 0.3) is 0 Å². The molecule has 3 nitrogen and oxygen atoms in total. The van der Waals surface area contributed by atoms with Gasteiger partial charge in [-0.1, -0.05) is 13.8 Å². The van der Waals surface area contributed by atoms with Gasteiger partial charge in [-0.3, -0.25) is 9.00 Å². The minimum absolute atomic E-state index is 0.00144. The lowest BCUT2D eigenvalue weighted by molar-refractivity contribution is -0.139. The minimum atomic E-state index is -0.682. The molecule has 4 aliphatic rings. The second-order valence-electron chi connectivity index (χ2n) is 10.7. The highest BCUT2D eigenvalue weighted by Gasteiger charge is 2.60. The molecule has 0 amide bonds. The Morgan fingerprint density at radius 3 is 2.67 bits per heavy atom. The summed E-state index contributed by atoms with van der Waals surface area (Å²) >= 11 is 0. The first-order chi connectivity index (χ1) is 12.9. The van der Waals surface area contributed by atoms with Crippen LogP contribution in [0.15, 0.2) is 0 Å². The van der Waals surface area contributed by atoms with E-state index in [1.54, 1.807) is 0 Å². The average molecular weight is 394 g/mol. The Bertz CT molecular complexity index is 607. The summed E-state index contributed by atoms with van der Waals surface area (Å²) < 4.78 is 12.4. The van der Waals surface area contributed by atoms with E-state index in [-0.39, 0.29) is 5.41 Å². The smallest absolute Gasteiger partial charge is 0.139 e. The molecule has 4 fully saturated rings. The summed E-state index contributed by atoms with van der Waals surface area (Å²) in [5.41, 5.74) is 6.04. The van der Waals surface area contributed by atoms with Gasteiger partial charge >= 0.3 is 0 Å². The zero-order chi connectivity index (χ0) is 19.2. The van der Waals surface area contributed by atoms with Gasteiger partial charge in [0, 0.05) is 34.1 Å². The van der Waals surface area contributed by atoms with E-state index >= 15 is 0 Å². The van der Waals surface area contributed by atoms with E-state index in [9.17, 15) is 9.00 Å². The molecule has 8 atom stereocenters. The van der Waals surface area contributed by atoms with Crippen molar-refractivity contribution >= 4 is 16.6 Å². The summed E-state index contributed by atoms with van der Waals surface area (Å²) in [6.07, 6.45) is 11.8. The molecule has 0 spiro atoms. The van der Waals surface area contributed by atoms with Crippen molar-refractivity contribution in [2.24, 2.45) is 46.2 Å². The number of hydrogen-bond acceptors (Lipinski definition) is 3. The Morgan fingerprint density at radius 1 is 1.07 bits per heavy atom. The Hall–Kier alpha value is -0.220. The van der Waals surface area contributed by atoms with Crippen LogP contribution in [-0.2, 0) is 15.6 Å². The van der Waals surface area contributed by atoms with E-state index in [4.69, 9.17) is 5.73 Å². The molecule has 4 aliphatic carbocycles. The molecule has 8 unspecified atom stereocenters. The lowest BCUT2D eigenvalue weighted by atomic mass is 9.45. The van der Waals surface area contributed by atoms with Crippen molar-refractivity contribution in [1.82, 2.24) is 0 Å². The zero-order valence-electron chi connectivity index (χ0n) is 17.4. The first-order valence-corrected chi connectivity index (χ1v) is 13.0. The van der Waals surface area contributed by atoms with Gasteiger partial charge in [-0.25, -0.2) is 0 Å². The number of carbonyl (C=O) groups excluding carboxylic acids is 1. The molecule has 0 radical (unpaired) electrons. The number of Topliss-reactive ketones (excluding diaryl/α,β-unsaturated/α-hetero) is 1. The van der Waals surface area contributed by atoms with Crippen LogP contribution in [0.25, 0.3) is 0 Å². The van der Waals surface area contributed by atoms with Crippen molar-refractivity contribution in [3.63, 3.8) is 0 Å². The number of nitrogens with two attached hydrogens (primary N) is 1. The largest absolute Gasteiger partial charge is 0.330 e. The lowest BCUT2D eigenvalue weighted by Crippen LogP contribution is -2.53. The fraction of sp³-hybridized carbons (Fsp3) is 0.957. The van der Waals surface area contributed by atoms with Crippen LogP contribution in [0.1, 0.15) is 78.1 Å². The highest BCUT2D eigenvalue weighted by molar-refractivity contribution is 7.84. The average Bonchev–Trinajstić information content (AvgIpc) is 2.95. The molecule has 0 aromatic carbocycles. The summed E-state index contributed by atoms with van der Waals surface area (Å²) in [7, 11) is -0.682. The molecule has 4 heteroatoms. The Morgan fingerprint density at radius 2 is 1.89 bits per heavy atom. The van der Waals surface area contributed by atoms with Crippen LogP contribution in [0.4, 0.5) is 0 Å². The van der Waals surface area contributed by atoms with Crippen LogP contribution in [0.2, 0.25) is 0 Å². The zero-order valence-corrected chi connectivity index (χ0v) is 18.2. The van der Waals surface area contributed by atoms with E-state index in [1.165, 1.54) is 38.5 Å². The fourth-order valence-corrected chi connectivity index (χ4v) is 9.34. The van der Waals surface area contributed by atoms with Gasteiger partial charge in [-0.15, -0.1) is 0 Å². The molecule has 4 saturated carbocycles. The van der Waals surface area contributed by atoms with E-state index in [0.29, 0.717) is 29.6 Å². The predicted molar refractivity (Wildman–Crippen MR) is 112 cm³/mol. The quantitative estimate of drug-likeness (QED) is 0.757. The molecule has 0 saturated heterocycles. The van der Waals surface area contributed by atoms with Gasteiger partial charge < -0.3 is 5.73 Å². The maximum absolute atomic E-state index is 12.6. The summed E-state index contributed by atoms with van der Waals surface area (Å²) in [4.78, 5) is 12.6. The normalized spacial score (nSPS) is 47.8. The van der Waals surface area contributed by atoms with E-state index in [1.807, 2.05) is 0 Å². The topological polar surface area (TPSA) is 60.2 Å². The molecular weight excluding hydrogens is 354 g/mol. The number of rotatable bonds is 5. The number of ketones is 1. The van der Waals surface area contributed by atoms with Crippen molar-refractivity contribution in [2.75, 3.05) is 18.1 Å². The minimum Gasteiger partial charge on any atom is -0.330 e. The molecule has 0 aromatic heterocycles. The first kappa shape index (κ1) is 20.1. The van der Waals surface area contributed by atoms with E-state index in [0.717, 1.165) is 54.9 Å². The molecular formula is C23H39NO2S. The van der Waals surface area contributed by atoms with Crippen LogP contribution in [0.5, 0.6) is 0 Å². The summed E-state index contributed by atoms with van der Waals surface area (Å²) in [5.74, 6) is 5.97. The van der Waals surface area contributed by atoms with Crippen LogP contribution >= 0.6 is 0 Å². The monoisotopic (exact) mass is 393 g/mol. The van der Waals surface area contributed by atoms with Crippen molar-refractivity contribution < 1.29 is 9.00 Å². The number of carbonyl (C=O) groups is 1. The van der Waals surface area contributed by atoms with Gasteiger partial charge in [-0.05, 0) is 99.3 Å². The Balaban J connectivity index is 1.43. The molecule has 2 N–H and O–H groups in total. The van der Waals surface area contributed by atoms with Crippen molar-refractivity contribution in [1.29, 1.82) is 0 Å². The second-order valence-corrected chi connectivity index (χ2v) is 12.3. The maximum Gasteiger partial charge on any atom is 0.139 e. The van der Waals surface area contributed by atoms with E-state index in [2.05, 4.69) is 13.8 Å². The van der Waals surface area contributed by atoms with E-state index < -0.39 is 10.8 Å². The maximum atomic E-state index is 12.6. The van der Waals surface area contributed by atoms with Crippen LogP contribution in [0.3, 0.4) is 0 Å². The van der Waals surface area contributed by atoms with Crippen molar-refractivity contribution in [2.45, 2.75) is 78.1 Å². The highest BCUT2D eigenvalue weighted by Crippen LogP contribution is 2.65. The fourth-order valence-electron chi connectivity index (χ4n) is 7.86. The van der Waals surface area contributed by atoms with Gasteiger partial charge in [0.05, 0.1) is 0 Å². The first-order valence-electron chi connectivity index (χ1n) is 11.5. The van der Waals surface area contributed by atoms with Crippen LogP contribution in [-0.4, -0.2) is 28.0 Å². The molecule has 27 heavy (non-hydrogen) atoms. The number of fused-ring (bicyclic) bond motifs is 5.